The molecule has 22 heavy (non-hydrogen) atoms. The average molecular weight is 309 g/mol. The van der Waals surface area contributed by atoms with Gasteiger partial charge in [-0.25, -0.2) is 4.98 Å². The highest BCUT2D eigenvalue weighted by Crippen LogP contribution is 2.23. The standard InChI is InChI=1S/C16H11N3O2S/c17-8-11-3-5-12(6-4-11)15(20)18-9-13-10-21-16(19-13)14-2-1-7-22-14/h1-7,10H,9H2,(H,18,20). The van der Waals surface area contributed by atoms with Crippen molar-refractivity contribution in [1.29, 1.82) is 5.26 Å². The second-order valence-electron chi connectivity index (χ2n) is 4.49. The molecule has 5 nitrogen and oxygen atoms in total. The fourth-order valence-electron chi connectivity index (χ4n) is 1.87. The van der Waals surface area contributed by atoms with Crippen LogP contribution in [0.3, 0.4) is 0 Å². The molecule has 0 saturated heterocycles. The SMILES string of the molecule is N#Cc1ccc(C(=O)NCc2coc(-c3cccs3)n2)cc1. The van der Waals surface area contributed by atoms with Crippen LogP contribution in [0.2, 0.25) is 0 Å². The normalized spacial score (nSPS) is 10.1. The summed E-state index contributed by atoms with van der Waals surface area (Å²) in [6.07, 6.45) is 1.54. The maximum atomic E-state index is 12.0. The Morgan fingerprint density at radius 1 is 1.32 bits per heavy atom. The summed E-state index contributed by atoms with van der Waals surface area (Å²) in [4.78, 5) is 17.3. The van der Waals surface area contributed by atoms with Crippen molar-refractivity contribution >= 4 is 17.2 Å². The lowest BCUT2D eigenvalue weighted by Crippen LogP contribution is -2.22. The molecule has 0 aliphatic carbocycles. The Balaban J connectivity index is 1.62. The summed E-state index contributed by atoms with van der Waals surface area (Å²) in [7, 11) is 0. The van der Waals surface area contributed by atoms with E-state index in [0.717, 1.165) is 4.88 Å². The smallest absolute Gasteiger partial charge is 0.251 e. The quantitative estimate of drug-likeness (QED) is 0.802. The van der Waals surface area contributed by atoms with E-state index in [2.05, 4.69) is 10.3 Å². The third kappa shape index (κ3) is 3.05. The summed E-state index contributed by atoms with van der Waals surface area (Å²) in [5.74, 6) is 0.336. The number of benzene rings is 1. The number of carbonyl (C=O) groups is 1. The second-order valence-corrected chi connectivity index (χ2v) is 5.44. The first-order valence-corrected chi connectivity index (χ1v) is 7.41. The number of amides is 1. The molecule has 0 atom stereocenters. The third-order valence-electron chi connectivity index (χ3n) is 2.99. The van der Waals surface area contributed by atoms with Gasteiger partial charge in [0.15, 0.2) is 0 Å². The van der Waals surface area contributed by atoms with Crippen LogP contribution >= 0.6 is 11.3 Å². The van der Waals surface area contributed by atoms with Crippen LogP contribution < -0.4 is 5.32 Å². The Morgan fingerprint density at radius 3 is 2.82 bits per heavy atom. The maximum Gasteiger partial charge on any atom is 0.251 e. The first kappa shape index (κ1) is 14.0. The summed E-state index contributed by atoms with van der Waals surface area (Å²) in [5, 5.41) is 13.5. The third-order valence-corrected chi connectivity index (χ3v) is 3.85. The molecule has 1 N–H and O–H groups in total. The van der Waals surface area contributed by atoms with E-state index < -0.39 is 0 Å². The van der Waals surface area contributed by atoms with E-state index in [1.807, 2.05) is 23.6 Å². The zero-order valence-corrected chi connectivity index (χ0v) is 12.3. The largest absolute Gasteiger partial charge is 0.443 e. The number of nitrogens with zero attached hydrogens (tertiary/aromatic N) is 2. The molecule has 6 heteroatoms. The molecule has 0 spiro atoms. The van der Waals surface area contributed by atoms with Crippen LogP contribution in [0, 0.1) is 11.3 Å². The summed E-state index contributed by atoms with van der Waals surface area (Å²) >= 11 is 1.54. The highest BCUT2D eigenvalue weighted by Gasteiger charge is 2.09. The second kappa shape index (κ2) is 6.24. The zero-order chi connectivity index (χ0) is 15.4. The first-order chi connectivity index (χ1) is 10.8. The fraction of sp³-hybridized carbons (Fsp3) is 0.0625. The number of thiophene rings is 1. The predicted octanol–water partition coefficient (Wildman–Crippen LogP) is 3.20. The van der Waals surface area contributed by atoms with Gasteiger partial charge in [-0.1, -0.05) is 6.07 Å². The predicted molar refractivity (Wildman–Crippen MR) is 82.1 cm³/mol. The van der Waals surface area contributed by atoms with Gasteiger partial charge in [0.25, 0.3) is 5.91 Å². The van der Waals surface area contributed by atoms with Gasteiger partial charge < -0.3 is 9.73 Å². The van der Waals surface area contributed by atoms with Gasteiger partial charge in [0.2, 0.25) is 5.89 Å². The van der Waals surface area contributed by atoms with Gasteiger partial charge in [-0.2, -0.15) is 5.26 Å². The number of nitriles is 1. The van der Waals surface area contributed by atoms with Crippen molar-refractivity contribution in [2.45, 2.75) is 6.54 Å². The number of nitrogens with one attached hydrogen (secondary N) is 1. The van der Waals surface area contributed by atoms with Gasteiger partial charge in [0.05, 0.1) is 28.7 Å². The minimum Gasteiger partial charge on any atom is -0.443 e. The molecule has 0 fully saturated rings. The Bertz CT molecular complexity index is 814. The van der Waals surface area contributed by atoms with Crippen LogP contribution in [0.25, 0.3) is 10.8 Å². The van der Waals surface area contributed by atoms with Crippen LogP contribution in [0.1, 0.15) is 21.6 Å². The molecule has 2 aromatic heterocycles. The zero-order valence-electron chi connectivity index (χ0n) is 11.4. The van der Waals surface area contributed by atoms with Crippen LogP contribution in [-0.4, -0.2) is 10.9 Å². The van der Waals surface area contributed by atoms with Gasteiger partial charge in [0, 0.05) is 5.56 Å². The Kier molecular flexibility index (Phi) is 3.99. The molecule has 2 heterocycles. The number of aromatic nitrogens is 1. The molecule has 3 aromatic rings. The van der Waals surface area contributed by atoms with Crippen molar-refractivity contribution in [1.82, 2.24) is 10.3 Å². The van der Waals surface area contributed by atoms with Gasteiger partial charge in [-0.05, 0) is 35.7 Å². The Hall–Kier alpha value is -2.91. The van der Waals surface area contributed by atoms with E-state index in [4.69, 9.17) is 9.68 Å². The molecule has 0 saturated carbocycles. The summed E-state index contributed by atoms with van der Waals surface area (Å²) in [5.41, 5.74) is 1.68. The summed E-state index contributed by atoms with van der Waals surface area (Å²) in [6.45, 7) is 0.285. The average Bonchev–Trinajstić information content (AvgIpc) is 3.23. The van der Waals surface area contributed by atoms with Crippen LogP contribution in [0.5, 0.6) is 0 Å². The Morgan fingerprint density at radius 2 is 2.14 bits per heavy atom. The molecule has 1 amide bonds. The molecule has 0 aliphatic rings. The van der Waals surface area contributed by atoms with E-state index >= 15 is 0 Å². The van der Waals surface area contributed by atoms with E-state index in [9.17, 15) is 4.79 Å². The van der Waals surface area contributed by atoms with E-state index in [-0.39, 0.29) is 12.5 Å². The lowest BCUT2D eigenvalue weighted by molar-refractivity contribution is 0.0950. The molecule has 0 unspecified atom stereocenters. The van der Waals surface area contributed by atoms with Crippen molar-refractivity contribution in [2.24, 2.45) is 0 Å². The highest BCUT2D eigenvalue weighted by molar-refractivity contribution is 7.13. The van der Waals surface area contributed by atoms with Crippen molar-refractivity contribution < 1.29 is 9.21 Å². The van der Waals surface area contributed by atoms with Crippen molar-refractivity contribution in [3.63, 3.8) is 0 Å². The van der Waals surface area contributed by atoms with E-state index in [0.29, 0.717) is 22.7 Å². The Labute approximate surface area is 130 Å². The molecule has 1 aromatic carbocycles. The number of rotatable bonds is 4. The van der Waals surface area contributed by atoms with E-state index in [1.165, 1.54) is 6.26 Å². The topological polar surface area (TPSA) is 78.9 Å². The molecule has 3 rings (SSSR count). The lowest BCUT2D eigenvalue weighted by atomic mass is 10.1. The van der Waals surface area contributed by atoms with Crippen molar-refractivity contribution in [2.75, 3.05) is 0 Å². The molecule has 0 bridgehead atoms. The first-order valence-electron chi connectivity index (χ1n) is 6.53. The fourth-order valence-corrected chi connectivity index (χ4v) is 2.53. The minimum atomic E-state index is -0.217. The van der Waals surface area contributed by atoms with Gasteiger partial charge >= 0.3 is 0 Å². The maximum absolute atomic E-state index is 12.0. The lowest BCUT2D eigenvalue weighted by Gasteiger charge is -2.02. The molecular weight excluding hydrogens is 298 g/mol. The number of hydrogen-bond acceptors (Lipinski definition) is 5. The van der Waals surface area contributed by atoms with Gasteiger partial charge in [-0.15, -0.1) is 11.3 Å². The van der Waals surface area contributed by atoms with Crippen LogP contribution in [-0.2, 0) is 6.54 Å². The monoisotopic (exact) mass is 309 g/mol. The van der Waals surface area contributed by atoms with Crippen LogP contribution in [0.4, 0.5) is 0 Å². The molecular formula is C16H11N3O2S. The molecule has 0 aliphatic heterocycles. The number of hydrogen-bond donors (Lipinski definition) is 1. The summed E-state index contributed by atoms with van der Waals surface area (Å²) < 4.78 is 5.39. The molecule has 108 valence electrons. The summed E-state index contributed by atoms with van der Waals surface area (Å²) in [6, 6.07) is 12.3. The van der Waals surface area contributed by atoms with E-state index in [1.54, 1.807) is 35.6 Å². The van der Waals surface area contributed by atoms with Crippen molar-refractivity contribution in [3.05, 3.63) is 64.9 Å². The number of oxazole rings is 1. The molecule has 0 radical (unpaired) electrons. The van der Waals surface area contributed by atoms with Gasteiger partial charge in [0.1, 0.15) is 6.26 Å². The minimum absolute atomic E-state index is 0.217. The highest BCUT2D eigenvalue weighted by atomic mass is 32.1. The van der Waals surface area contributed by atoms with Crippen molar-refractivity contribution in [3.8, 4) is 16.8 Å². The van der Waals surface area contributed by atoms with Crippen LogP contribution in [0.15, 0.2) is 52.5 Å². The van der Waals surface area contributed by atoms with Gasteiger partial charge in [-0.3, -0.25) is 4.79 Å². The number of carbonyl (C=O) groups excluding carboxylic acids is 1.